The molecule has 41 heavy (non-hydrogen) atoms. The lowest BCUT2D eigenvalue weighted by Gasteiger charge is -2.30. The van der Waals surface area contributed by atoms with Gasteiger partial charge in [0.1, 0.15) is 17.8 Å². The third kappa shape index (κ3) is 6.41. The first-order valence-electron chi connectivity index (χ1n) is 11.9. The van der Waals surface area contributed by atoms with Gasteiger partial charge in [0.05, 0.1) is 29.8 Å². The summed E-state index contributed by atoms with van der Waals surface area (Å²) in [6.45, 7) is 0. The number of oxazole rings is 1. The number of hydrogen-bond donors (Lipinski definition) is 2. The number of alkyl halides is 6. The van der Waals surface area contributed by atoms with Crippen molar-refractivity contribution in [3.8, 4) is 17.2 Å². The number of hydrogen-bond acceptors (Lipinski definition) is 6. The van der Waals surface area contributed by atoms with Crippen molar-refractivity contribution in [1.82, 2.24) is 4.98 Å². The largest absolute Gasteiger partial charge is 0.495 e. The SMILES string of the molecule is COc1cc(C(=O)O)c(F)cc1NS(=O)(=O)c1coc(-c2ccc(C3CCC(C(F)(F)F)CC3)cc2C(F)(F)F)n1. The second kappa shape index (κ2) is 10.9. The van der Waals surface area contributed by atoms with Crippen LogP contribution in [0.4, 0.5) is 36.4 Å². The molecule has 222 valence electrons. The first-order chi connectivity index (χ1) is 19.0. The van der Waals surface area contributed by atoms with Gasteiger partial charge in [0.15, 0.2) is 0 Å². The highest BCUT2D eigenvalue weighted by Gasteiger charge is 2.42. The van der Waals surface area contributed by atoms with Crippen molar-refractivity contribution in [3.05, 3.63) is 59.1 Å². The number of nitrogens with one attached hydrogen (secondary N) is 1. The van der Waals surface area contributed by atoms with Crippen LogP contribution in [0.3, 0.4) is 0 Å². The van der Waals surface area contributed by atoms with Crippen LogP contribution in [0.25, 0.3) is 11.5 Å². The molecule has 3 aromatic rings. The summed E-state index contributed by atoms with van der Waals surface area (Å²) < 4.78 is 133. The fraction of sp³-hybridized carbons (Fsp3) is 0.360. The molecule has 0 amide bonds. The van der Waals surface area contributed by atoms with Crippen LogP contribution in [0.2, 0.25) is 0 Å². The first-order valence-corrected chi connectivity index (χ1v) is 13.4. The van der Waals surface area contributed by atoms with Crippen molar-refractivity contribution in [3.63, 3.8) is 0 Å². The molecule has 0 saturated heterocycles. The number of ether oxygens (including phenoxy) is 1. The fourth-order valence-corrected chi connectivity index (χ4v) is 5.59. The van der Waals surface area contributed by atoms with E-state index >= 15 is 0 Å². The molecule has 0 atom stereocenters. The number of sulfonamides is 1. The van der Waals surface area contributed by atoms with Crippen LogP contribution in [0.1, 0.15) is 53.1 Å². The van der Waals surface area contributed by atoms with Gasteiger partial charge in [-0.1, -0.05) is 6.07 Å². The third-order valence-corrected chi connectivity index (χ3v) is 7.99. The van der Waals surface area contributed by atoms with E-state index in [0.717, 1.165) is 25.3 Å². The number of aromatic carboxylic acids is 1. The minimum absolute atomic E-state index is 0.0470. The van der Waals surface area contributed by atoms with Gasteiger partial charge in [-0.25, -0.2) is 9.18 Å². The minimum Gasteiger partial charge on any atom is -0.495 e. The van der Waals surface area contributed by atoms with Crippen LogP contribution in [0.15, 0.2) is 46.0 Å². The fourth-order valence-electron chi connectivity index (χ4n) is 4.66. The Labute approximate surface area is 228 Å². The summed E-state index contributed by atoms with van der Waals surface area (Å²) in [5.41, 5.74) is -2.97. The molecule has 0 unspecified atom stereocenters. The van der Waals surface area contributed by atoms with E-state index in [-0.39, 0.29) is 37.0 Å². The molecule has 2 aromatic carbocycles. The van der Waals surface area contributed by atoms with Gasteiger partial charge >= 0.3 is 18.3 Å². The highest BCUT2D eigenvalue weighted by atomic mass is 32.2. The van der Waals surface area contributed by atoms with Gasteiger partial charge in [0.25, 0.3) is 10.0 Å². The smallest absolute Gasteiger partial charge is 0.417 e. The number of benzene rings is 2. The number of anilines is 1. The topological polar surface area (TPSA) is 119 Å². The van der Waals surface area contributed by atoms with Crippen LogP contribution < -0.4 is 9.46 Å². The number of carboxylic acids is 1. The zero-order chi connectivity index (χ0) is 30.3. The van der Waals surface area contributed by atoms with E-state index in [0.29, 0.717) is 12.3 Å². The number of methoxy groups -OCH3 is 1. The molecule has 2 N–H and O–H groups in total. The summed E-state index contributed by atoms with van der Waals surface area (Å²) in [7, 11) is -3.63. The van der Waals surface area contributed by atoms with E-state index in [4.69, 9.17) is 14.3 Å². The molecule has 0 aliphatic heterocycles. The Morgan fingerprint density at radius 1 is 1.07 bits per heavy atom. The molecule has 1 saturated carbocycles. The zero-order valence-electron chi connectivity index (χ0n) is 20.9. The van der Waals surface area contributed by atoms with Gasteiger partial charge in [-0.15, -0.1) is 0 Å². The Balaban J connectivity index is 1.63. The second-order valence-corrected chi connectivity index (χ2v) is 11.0. The van der Waals surface area contributed by atoms with Crippen LogP contribution in [-0.2, 0) is 16.2 Å². The molecular formula is C25H21F7N2O6S. The summed E-state index contributed by atoms with van der Waals surface area (Å²) in [6.07, 6.45) is -9.09. The predicted octanol–water partition coefficient (Wildman–Crippen LogP) is 6.84. The van der Waals surface area contributed by atoms with Crippen molar-refractivity contribution in [2.24, 2.45) is 5.92 Å². The van der Waals surface area contributed by atoms with Gasteiger partial charge in [-0.3, -0.25) is 4.72 Å². The van der Waals surface area contributed by atoms with Gasteiger partial charge in [-0.2, -0.15) is 39.7 Å². The summed E-state index contributed by atoms with van der Waals surface area (Å²) >= 11 is 0. The van der Waals surface area contributed by atoms with E-state index in [1.165, 1.54) is 6.07 Å². The van der Waals surface area contributed by atoms with Gasteiger partial charge < -0.3 is 14.3 Å². The zero-order valence-corrected chi connectivity index (χ0v) is 21.8. The molecule has 1 aromatic heterocycles. The van der Waals surface area contributed by atoms with Crippen molar-refractivity contribution in [1.29, 1.82) is 0 Å². The van der Waals surface area contributed by atoms with Crippen molar-refractivity contribution in [2.45, 2.75) is 49.0 Å². The van der Waals surface area contributed by atoms with Gasteiger partial charge in [0.2, 0.25) is 10.9 Å². The maximum atomic E-state index is 14.2. The average Bonchev–Trinajstić information content (AvgIpc) is 3.39. The van der Waals surface area contributed by atoms with Gasteiger partial charge in [-0.05, 0) is 55.4 Å². The van der Waals surface area contributed by atoms with Crippen LogP contribution in [0, 0.1) is 11.7 Å². The monoisotopic (exact) mass is 610 g/mol. The molecule has 8 nitrogen and oxygen atoms in total. The van der Waals surface area contributed by atoms with Crippen LogP contribution in [0.5, 0.6) is 5.75 Å². The quantitative estimate of drug-likeness (QED) is 0.281. The molecule has 0 radical (unpaired) electrons. The van der Waals surface area contributed by atoms with Gasteiger partial charge in [0, 0.05) is 11.6 Å². The molecule has 16 heteroatoms. The first kappa shape index (κ1) is 30.1. The lowest BCUT2D eigenvalue weighted by atomic mass is 9.78. The van der Waals surface area contributed by atoms with Crippen molar-refractivity contribution >= 4 is 21.7 Å². The molecular weight excluding hydrogens is 589 g/mol. The molecule has 1 heterocycles. The maximum Gasteiger partial charge on any atom is 0.417 e. The Morgan fingerprint density at radius 2 is 1.73 bits per heavy atom. The molecule has 1 fully saturated rings. The Bertz CT molecular complexity index is 1560. The number of nitrogens with zero attached hydrogens (tertiary/aromatic N) is 1. The Hall–Kier alpha value is -3.82. The minimum atomic E-state index is -4.95. The predicted molar refractivity (Wildman–Crippen MR) is 128 cm³/mol. The molecule has 4 rings (SSSR count). The number of carboxylic acid groups (broad SMARTS) is 1. The molecule has 1 aliphatic rings. The van der Waals surface area contributed by atoms with E-state index in [2.05, 4.69) is 4.98 Å². The Kier molecular flexibility index (Phi) is 7.99. The lowest BCUT2D eigenvalue weighted by Crippen LogP contribution is -2.27. The van der Waals surface area contributed by atoms with Crippen molar-refractivity contribution in [2.75, 3.05) is 11.8 Å². The number of aromatic nitrogens is 1. The average molecular weight is 611 g/mol. The van der Waals surface area contributed by atoms with E-state index < -0.39 is 79.3 Å². The highest BCUT2D eigenvalue weighted by Crippen LogP contribution is 2.45. The molecule has 1 aliphatic carbocycles. The van der Waals surface area contributed by atoms with E-state index in [1.54, 1.807) is 0 Å². The maximum absolute atomic E-state index is 14.2. The van der Waals surface area contributed by atoms with Crippen LogP contribution in [-0.4, -0.2) is 37.8 Å². The second-order valence-electron chi connectivity index (χ2n) is 9.33. The lowest BCUT2D eigenvalue weighted by molar-refractivity contribution is -0.182. The van der Waals surface area contributed by atoms with Crippen LogP contribution >= 0.6 is 0 Å². The summed E-state index contributed by atoms with van der Waals surface area (Å²) in [5, 5.41) is 8.16. The van der Waals surface area contributed by atoms with Crippen molar-refractivity contribution < 1.29 is 58.2 Å². The number of halogens is 7. The summed E-state index contributed by atoms with van der Waals surface area (Å²) in [4.78, 5) is 14.8. The third-order valence-electron chi connectivity index (χ3n) is 6.76. The number of carbonyl (C=O) groups is 1. The summed E-state index contributed by atoms with van der Waals surface area (Å²) in [5.74, 6) is -6.06. The number of rotatable bonds is 7. The standard InChI is InChI=1S/C25H21F7N2O6S/c1-39-20-9-16(23(35)36)18(26)10-19(20)34-41(37,38)21-11-40-22(33-21)15-7-4-13(8-17(15)25(30,31)32)12-2-5-14(6-3-12)24(27,28)29/h4,7-12,14,34H,2-3,5-6H2,1H3,(H,35,36). The molecule has 0 bridgehead atoms. The highest BCUT2D eigenvalue weighted by molar-refractivity contribution is 7.92. The Morgan fingerprint density at radius 3 is 2.29 bits per heavy atom. The van der Waals surface area contributed by atoms with E-state index in [9.17, 15) is 43.9 Å². The normalized spacial score (nSPS) is 18.2. The summed E-state index contributed by atoms with van der Waals surface area (Å²) in [6, 6.07) is 4.38. The van der Waals surface area contributed by atoms with E-state index in [1.807, 2.05) is 4.72 Å². The molecule has 0 spiro atoms.